The first-order valence-corrected chi connectivity index (χ1v) is 6.63. The number of carbonyl (C=O) groups excluding carboxylic acids is 1. The minimum absolute atomic E-state index is 0.305. The van der Waals surface area contributed by atoms with Gasteiger partial charge in [-0.15, -0.1) is 0 Å². The molecule has 3 N–H and O–H groups in total. The summed E-state index contributed by atoms with van der Waals surface area (Å²) in [5.41, 5.74) is 1.39. The minimum Gasteiger partial charge on any atom is -0.479 e. The maximum Gasteiger partial charge on any atom is 0.330 e. The monoisotopic (exact) mass is 287 g/mol. The number of aliphatic carboxylic acids is 1. The van der Waals surface area contributed by atoms with E-state index in [1.165, 1.54) is 0 Å². The summed E-state index contributed by atoms with van der Waals surface area (Å²) in [6.07, 6.45) is 3.67. The fourth-order valence-electron chi connectivity index (χ4n) is 2.04. The summed E-state index contributed by atoms with van der Waals surface area (Å²) in [5, 5.41) is 11.9. The number of amides is 1. The average molecular weight is 287 g/mol. The second-order valence-electron chi connectivity index (χ2n) is 4.87. The summed E-state index contributed by atoms with van der Waals surface area (Å²) in [7, 11) is 0. The molecule has 0 saturated heterocycles. The smallest absolute Gasteiger partial charge is 0.330 e. The van der Waals surface area contributed by atoms with Crippen LogP contribution in [0.2, 0.25) is 0 Å². The fraction of sp³-hybridized carbons (Fsp3) is 0.267. The van der Waals surface area contributed by atoms with Crippen LogP contribution in [0.5, 0.6) is 0 Å². The van der Waals surface area contributed by atoms with Crippen molar-refractivity contribution >= 4 is 11.9 Å². The van der Waals surface area contributed by atoms with Gasteiger partial charge in [-0.25, -0.2) is 9.78 Å². The summed E-state index contributed by atoms with van der Waals surface area (Å²) in [4.78, 5) is 30.3. The molecular weight excluding hydrogens is 270 g/mol. The number of imidazole rings is 1. The van der Waals surface area contributed by atoms with Crippen molar-refractivity contribution in [3.05, 3.63) is 54.1 Å². The number of carboxylic acids is 1. The Labute approximate surface area is 122 Å². The maximum absolute atomic E-state index is 12.1. The van der Waals surface area contributed by atoms with Gasteiger partial charge in [0.1, 0.15) is 0 Å². The molecular formula is C15H17N3O3. The number of rotatable bonds is 6. The molecule has 0 spiro atoms. The topological polar surface area (TPSA) is 95.1 Å². The first-order chi connectivity index (χ1) is 10.1. The molecule has 2 aromatic rings. The van der Waals surface area contributed by atoms with Crippen molar-refractivity contribution in [2.24, 2.45) is 5.92 Å². The Morgan fingerprint density at radius 1 is 1.33 bits per heavy atom. The molecule has 6 heteroatoms. The van der Waals surface area contributed by atoms with Gasteiger partial charge in [0.15, 0.2) is 6.04 Å². The van der Waals surface area contributed by atoms with E-state index in [4.69, 9.17) is 0 Å². The highest BCUT2D eigenvalue weighted by Crippen LogP contribution is 2.14. The van der Waals surface area contributed by atoms with Crippen LogP contribution in [-0.4, -0.2) is 27.0 Å². The predicted molar refractivity (Wildman–Crippen MR) is 76.4 cm³/mol. The Morgan fingerprint density at radius 3 is 2.62 bits per heavy atom. The van der Waals surface area contributed by atoms with Crippen LogP contribution >= 0.6 is 0 Å². The molecule has 1 amide bonds. The molecule has 2 atom stereocenters. The molecule has 1 aromatic carbocycles. The maximum atomic E-state index is 12.1. The van der Waals surface area contributed by atoms with Gasteiger partial charge in [-0.2, -0.15) is 0 Å². The van der Waals surface area contributed by atoms with Gasteiger partial charge in [-0.1, -0.05) is 37.3 Å². The van der Waals surface area contributed by atoms with Crippen molar-refractivity contribution in [2.75, 3.05) is 0 Å². The number of hydrogen-bond donors (Lipinski definition) is 3. The van der Waals surface area contributed by atoms with Crippen LogP contribution in [0, 0.1) is 5.92 Å². The Hall–Kier alpha value is -2.63. The van der Waals surface area contributed by atoms with Crippen LogP contribution in [0.25, 0.3) is 0 Å². The summed E-state index contributed by atoms with van der Waals surface area (Å²) in [5.74, 6) is -1.74. The van der Waals surface area contributed by atoms with Gasteiger partial charge in [0.2, 0.25) is 5.91 Å². The highest BCUT2D eigenvalue weighted by Gasteiger charge is 2.24. The Bertz CT molecular complexity index is 596. The fourth-order valence-corrected chi connectivity index (χ4v) is 2.04. The third kappa shape index (κ3) is 3.92. The highest BCUT2D eigenvalue weighted by atomic mass is 16.4. The van der Waals surface area contributed by atoms with E-state index in [0.717, 1.165) is 5.69 Å². The lowest BCUT2D eigenvalue weighted by atomic mass is 10.0. The second-order valence-corrected chi connectivity index (χ2v) is 4.87. The zero-order valence-electron chi connectivity index (χ0n) is 11.6. The van der Waals surface area contributed by atoms with Gasteiger partial charge in [0, 0.05) is 24.2 Å². The predicted octanol–water partition coefficient (Wildman–Crippen LogP) is 1.53. The summed E-state index contributed by atoms with van der Waals surface area (Å²) < 4.78 is 0. The van der Waals surface area contributed by atoms with Crippen LogP contribution in [0.4, 0.5) is 0 Å². The number of carboxylic acid groups (broad SMARTS) is 1. The van der Waals surface area contributed by atoms with Gasteiger partial charge in [-0.3, -0.25) is 4.79 Å². The highest BCUT2D eigenvalue weighted by molar-refractivity contribution is 5.85. The van der Waals surface area contributed by atoms with Gasteiger partial charge in [0.25, 0.3) is 0 Å². The Morgan fingerprint density at radius 2 is 2.05 bits per heavy atom. The number of benzene rings is 1. The van der Waals surface area contributed by atoms with Crippen molar-refractivity contribution in [3.63, 3.8) is 0 Å². The first-order valence-electron chi connectivity index (χ1n) is 6.63. The van der Waals surface area contributed by atoms with E-state index in [2.05, 4.69) is 15.3 Å². The van der Waals surface area contributed by atoms with E-state index in [0.29, 0.717) is 12.0 Å². The minimum atomic E-state index is -1.08. The van der Waals surface area contributed by atoms with Crippen LogP contribution in [0.3, 0.4) is 0 Å². The number of aromatic nitrogens is 2. The van der Waals surface area contributed by atoms with Crippen LogP contribution in [0.1, 0.15) is 24.2 Å². The molecule has 0 unspecified atom stereocenters. The van der Waals surface area contributed by atoms with Gasteiger partial charge in [-0.05, 0) is 5.56 Å². The first kappa shape index (κ1) is 14.8. The molecule has 0 bridgehead atoms. The molecule has 1 aromatic heterocycles. The van der Waals surface area contributed by atoms with Crippen molar-refractivity contribution < 1.29 is 14.7 Å². The lowest BCUT2D eigenvalue weighted by Crippen LogP contribution is -2.37. The molecule has 0 aliphatic heterocycles. The summed E-state index contributed by atoms with van der Waals surface area (Å²) >= 11 is 0. The van der Waals surface area contributed by atoms with Crippen molar-refractivity contribution in [1.29, 1.82) is 0 Å². The number of carbonyl (C=O) groups is 2. The van der Waals surface area contributed by atoms with E-state index in [1.807, 2.05) is 0 Å². The standard InChI is InChI=1S/C15H17N3O3/c1-10(7-12-8-16-9-17-12)14(19)18-13(15(20)21)11-5-3-2-4-6-11/h2-6,8-10,13H,7H2,1H3,(H,16,17)(H,18,19)(H,20,21)/t10-,13-/m1/s1. The molecule has 1 heterocycles. The Kier molecular flexibility index (Phi) is 4.71. The summed E-state index contributed by atoms with van der Waals surface area (Å²) in [6, 6.07) is 7.60. The number of aromatic amines is 1. The number of H-pyrrole nitrogens is 1. The quantitative estimate of drug-likeness (QED) is 0.751. The lowest BCUT2D eigenvalue weighted by molar-refractivity contribution is -0.142. The summed E-state index contributed by atoms with van der Waals surface area (Å²) in [6.45, 7) is 1.75. The van der Waals surface area contributed by atoms with Crippen LogP contribution in [0.15, 0.2) is 42.9 Å². The van der Waals surface area contributed by atoms with Gasteiger partial charge in [0.05, 0.1) is 6.33 Å². The zero-order valence-corrected chi connectivity index (χ0v) is 11.6. The molecule has 6 nitrogen and oxygen atoms in total. The third-order valence-corrected chi connectivity index (χ3v) is 3.19. The molecule has 0 saturated carbocycles. The second kappa shape index (κ2) is 6.69. The van der Waals surface area contributed by atoms with E-state index < -0.39 is 12.0 Å². The van der Waals surface area contributed by atoms with E-state index in [9.17, 15) is 14.7 Å². The van der Waals surface area contributed by atoms with Gasteiger partial charge < -0.3 is 15.4 Å². The van der Waals surface area contributed by atoms with Crippen LogP contribution in [-0.2, 0) is 16.0 Å². The lowest BCUT2D eigenvalue weighted by Gasteiger charge is -2.17. The van der Waals surface area contributed by atoms with E-state index >= 15 is 0 Å². The molecule has 2 rings (SSSR count). The van der Waals surface area contributed by atoms with E-state index in [-0.39, 0.29) is 11.8 Å². The number of nitrogens with zero attached hydrogens (tertiary/aromatic N) is 1. The van der Waals surface area contributed by atoms with Crippen molar-refractivity contribution in [2.45, 2.75) is 19.4 Å². The molecule has 21 heavy (non-hydrogen) atoms. The van der Waals surface area contributed by atoms with Gasteiger partial charge >= 0.3 is 5.97 Å². The van der Waals surface area contributed by atoms with Crippen LogP contribution < -0.4 is 5.32 Å². The van der Waals surface area contributed by atoms with Crippen molar-refractivity contribution in [1.82, 2.24) is 15.3 Å². The largest absolute Gasteiger partial charge is 0.479 e. The SMILES string of the molecule is C[C@H](Cc1cnc[nH]1)C(=O)N[C@@H](C(=O)O)c1ccccc1. The molecule has 0 radical (unpaired) electrons. The van der Waals surface area contributed by atoms with E-state index in [1.54, 1.807) is 49.8 Å². The van der Waals surface area contributed by atoms with Crippen molar-refractivity contribution in [3.8, 4) is 0 Å². The average Bonchev–Trinajstić information content (AvgIpc) is 2.98. The Balaban J connectivity index is 2.03. The molecule has 0 aliphatic carbocycles. The molecule has 110 valence electrons. The normalized spacial score (nSPS) is 13.4. The number of nitrogens with one attached hydrogen (secondary N) is 2. The molecule has 0 fully saturated rings. The number of hydrogen-bond acceptors (Lipinski definition) is 3. The zero-order chi connectivity index (χ0) is 15.2. The molecule has 0 aliphatic rings. The third-order valence-electron chi connectivity index (χ3n) is 3.19.